The molecule has 2 heterocycles. The Hall–Kier alpha value is -2.89. The van der Waals surface area contributed by atoms with Gasteiger partial charge < -0.3 is 10.1 Å². The number of nitrogens with one attached hydrogen (secondary N) is 1. The van der Waals surface area contributed by atoms with E-state index >= 15 is 0 Å². The topological polar surface area (TPSA) is 68.5 Å². The second kappa shape index (κ2) is 6.55. The number of nitrogens with zero attached hydrogens (tertiary/aromatic N) is 3. The highest BCUT2D eigenvalue weighted by Crippen LogP contribution is 2.24. The van der Waals surface area contributed by atoms with E-state index in [9.17, 15) is 4.79 Å². The first-order valence-corrected chi connectivity index (χ1v) is 8.28. The van der Waals surface area contributed by atoms with Crippen LogP contribution in [0.1, 0.15) is 43.9 Å². The lowest BCUT2D eigenvalue weighted by atomic mass is 9.93. The fourth-order valence-electron chi connectivity index (χ4n) is 2.40. The second-order valence-corrected chi connectivity index (χ2v) is 6.78. The molecule has 0 unspecified atom stereocenters. The van der Waals surface area contributed by atoms with Crippen LogP contribution in [0.3, 0.4) is 0 Å². The molecule has 0 atom stereocenters. The van der Waals surface area contributed by atoms with E-state index in [0.29, 0.717) is 23.7 Å². The van der Waals surface area contributed by atoms with Crippen molar-refractivity contribution in [2.24, 2.45) is 0 Å². The minimum Gasteiger partial charge on any atom is -0.492 e. The van der Waals surface area contributed by atoms with E-state index in [4.69, 9.17) is 4.74 Å². The largest absolute Gasteiger partial charge is 0.492 e. The van der Waals surface area contributed by atoms with Gasteiger partial charge in [0.25, 0.3) is 5.91 Å². The summed E-state index contributed by atoms with van der Waals surface area (Å²) < 4.78 is 7.18. The van der Waals surface area contributed by atoms with Gasteiger partial charge in [-0.1, -0.05) is 32.9 Å². The molecule has 6 heteroatoms. The molecule has 0 spiro atoms. The Kier molecular flexibility index (Phi) is 4.44. The molecule has 3 aromatic rings. The number of carbonyl (C=O) groups is 1. The van der Waals surface area contributed by atoms with Crippen LogP contribution in [0, 0.1) is 0 Å². The highest BCUT2D eigenvalue weighted by Gasteiger charge is 2.19. The lowest BCUT2D eigenvalue weighted by Crippen LogP contribution is -2.15. The molecular weight excluding hydrogens is 316 g/mol. The Balaban J connectivity index is 1.87. The van der Waals surface area contributed by atoms with Crippen LogP contribution >= 0.6 is 0 Å². The number of imidazole rings is 1. The Morgan fingerprint density at radius 1 is 1.20 bits per heavy atom. The average Bonchev–Trinajstić information content (AvgIpc) is 3.00. The van der Waals surface area contributed by atoms with E-state index in [2.05, 4.69) is 36.2 Å². The number of benzene rings is 1. The number of amides is 1. The van der Waals surface area contributed by atoms with Crippen molar-refractivity contribution < 1.29 is 9.53 Å². The molecule has 0 aliphatic heterocycles. The van der Waals surface area contributed by atoms with Crippen LogP contribution in [0.4, 0.5) is 5.69 Å². The van der Waals surface area contributed by atoms with Gasteiger partial charge in [-0.15, -0.1) is 0 Å². The maximum absolute atomic E-state index is 12.6. The monoisotopic (exact) mass is 338 g/mol. The summed E-state index contributed by atoms with van der Waals surface area (Å²) in [5, 5.41) is 7.24. The first kappa shape index (κ1) is 17.0. The minimum absolute atomic E-state index is 0.0768. The summed E-state index contributed by atoms with van der Waals surface area (Å²) in [4.78, 5) is 17.1. The maximum atomic E-state index is 12.6. The summed E-state index contributed by atoms with van der Waals surface area (Å²) in [5.74, 6) is 0.345. The van der Waals surface area contributed by atoms with Gasteiger partial charge in [0.2, 0.25) is 0 Å². The van der Waals surface area contributed by atoms with E-state index in [0.717, 1.165) is 11.3 Å². The van der Waals surface area contributed by atoms with Crippen molar-refractivity contribution in [3.8, 4) is 5.75 Å². The zero-order valence-corrected chi connectivity index (χ0v) is 14.9. The average molecular weight is 338 g/mol. The van der Waals surface area contributed by atoms with Gasteiger partial charge in [0, 0.05) is 5.41 Å². The van der Waals surface area contributed by atoms with Crippen LogP contribution in [0.2, 0.25) is 0 Å². The van der Waals surface area contributed by atoms with Crippen molar-refractivity contribution in [2.45, 2.75) is 33.1 Å². The molecule has 0 saturated heterocycles. The van der Waals surface area contributed by atoms with E-state index in [-0.39, 0.29) is 11.3 Å². The van der Waals surface area contributed by atoms with E-state index in [1.165, 1.54) is 0 Å². The minimum atomic E-state index is -0.292. The number of fused-ring (bicyclic) bond motifs is 1. The molecule has 0 aliphatic carbocycles. The summed E-state index contributed by atoms with van der Waals surface area (Å²) in [5.41, 5.74) is 2.51. The molecule has 1 amide bonds. The highest BCUT2D eigenvalue weighted by atomic mass is 16.5. The highest BCUT2D eigenvalue weighted by molar-refractivity contribution is 6.03. The maximum Gasteiger partial charge on any atom is 0.276 e. The molecule has 0 bridgehead atoms. The van der Waals surface area contributed by atoms with Crippen molar-refractivity contribution >= 4 is 17.2 Å². The van der Waals surface area contributed by atoms with Crippen molar-refractivity contribution in [2.75, 3.05) is 11.9 Å². The molecule has 1 N–H and O–H groups in total. The van der Waals surface area contributed by atoms with Gasteiger partial charge in [-0.2, -0.15) is 5.10 Å². The van der Waals surface area contributed by atoms with Crippen molar-refractivity contribution in [1.82, 2.24) is 14.6 Å². The molecule has 3 rings (SSSR count). The first-order valence-electron chi connectivity index (χ1n) is 8.28. The number of para-hydroxylation sites is 2. The van der Waals surface area contributed by atoms with Crippen molar-refractivity contribution in [1.29, 1.82) is 0 Å². The van der Waals surface area contributed by atoms with Crippen LogP contribution in [-0.4, -0.2) is 27.1 Å². The Morgan fingerprint density at radius 2 is 1.96 bits per heavy atom. The molecule has 25 heavy (non-hydrogen) atoms. The molecular formula is C19H22N4O2. The van der Waals surface area contributed by atoms with E-state index < -0.39 is 0 Å². The van der Waals surface area contributed by atoms with Gasteiger partial charge in [0.05, 0.1) is 24.2 Å². The Bertz CT molecular complexity index is 909. The third kappa shape index (κ3) is 3.63. The fourth-order valence-corrected chi connectivity index (χ4v) is 2.40. The SMILES string of the molecule is CCOc1ccccc1NC(=O)c1ccc2nc(C(C)(C)C)cn2n1. The van der Waals surface area contributed by atoms with Crippen LogP contribution in [0.15, 0.2) is 42.6 Å². The summed E-state index contributed by atoms with van der Waals surface area (Å²) in [6.45, 7) is 8.70. The van der Waals surface area contributed by atoms with Crippen LogP contribution in [0.5, 0.6) is 5.75 Å². The van der Waals surface area contributed by atoms with Gasteiger partial charge in [-0.25, -0.2) is 9.50 Å². The van der Waals surface area contributed by atoms with Gasteiger partial charge in [0.15, 0.2) is 5.65 Å². The van der Waals surface area contributed by atoms with Crippen molar-refractivity contribution in [3.05, 3.63) is 54.0 Å². The second-order valence-electron chi connectivity index (χ2n) is 6.78. The lowest BCUT2D eigenvalue weighted by molar-refractivity contribution is 0.102. The summed E-state index contributed by atoms with van der Waals surface area (Å²) >= 11 is 0. The molecule has 6 nitrogen and oxygen atoms in total. The summed E-state index contributed by atoms with van der Waals surface area (Å²) in [6.07, 6.45) is 1.86. The number of hydrogen-bond donors (Lipinski definition) is 1. The number of aromatic nitrogens is 3. The van der Waals surface area contributed by atoms with Gasteiger partial charge in [-0.3, -0.25) is 4.79 Å². The molecule has 0 radical (unpaired) electrons. The predicted octanol–water partition coefficient (Wildman–Crippen LogP) is 3.68. The lowest BCUT2D eigenvalue weighted by Gasteiger charge is -2.13. The third-order valence-corrected chi connectivity index (χ3v) is 3.76. The molecule has 130 valence electrons. The number of anilines is 1. The summed E-state index contributed by atoms with van der Waals surface area (Å²) in [6, 6.07) is 10.8. The van der Waals surface area contributed by atoms with Crippen LogP contribution in [0.25, 0.3) is 5.65 Å². The standard InChI is InChI=1S/C19H22N4O2/c1-5-25-15-9-7-6-8-13(15)20-18(24)14-10-11-17-21-16(19(2,3)4)12-23(17)22-14/h6-12H,5H2,1-4H3,(H,20,24). The smallest absolute Gasteiger partial charge is 0.276 e. The number of carbonyl (C=O) groups excluding carboxylic acids is 1. The normalized spacial score (nSPS) is 11.5. The molecule has 0 fully saturated rings. The molecule has 0 saturated carbocycles. The molecule has 0 aliphatic rings. The number of hydrogen-bond acceptors (Lipinski definition) is 4. The first-order chi connectivity index (χ1) is 11.9. The zero-order valence-electron chi connectivity index (χ0n) is 14.9. The number of ether oxygens (including phenoxy) is 1. The van der Waals surface area contributed by atoms with Gasteiger partial charge in [-0.05, 0) is 31.2 Å². The predicted molar refractivity (Wildman–Crippen MR) is 97.3 cm³/mol. The third-order valence-electron chi connectivity index (χ3n) is 3.76. The van der Waals surface area contributed by atoms with Crippen molar-refractivity contribution in [3.63, 3.8) is 0 Å². The summed E-state index contributed by atoms with van der Waals surface area (Å²) in [7, 11) is 0. The van der Waals surface area contributed by atoms with Gasteiger partial charge in [0.1, 0.15) is 11.4 Å². The zero-order chi connectivity index (χ0) is 18.0. The van der Waals surface area contributed by atoms with Gasteiger partial charge >= 0.3 is 0 Å². The van der Waals surface area contributed by atoms with Crippen LogP contribution in [-0.2, 0) is 5.41 Å². The van der Waals surface area contributed by atoms with E-state index in [1.807, 2.05) is 31.3 Å². The molecule has 1 aromatic carbocycles. The van der Waals surface area contributed by atoms with E-state index in [1.54, 1.807) is 22.7 Å². The number of rotatable bonds is 4. The molecule has 2 aromatic heterocycles. The Morgan fingerprint density at radius 3 is 2.68 bits per heavy atom. The van der Waals surface area contributed by atoms with Crippen LogP contribution < -0.4 is 10.1 Å². The quantitative estimate of drug-likeness (QED) is 0.788. The fraction of sp³-hybridized carbons (Fsp3) is 0.316. The Labute approximate surface area is 146 Å².